The second kappa shape index (κ2) is 4.69. The molecular weight excluding hydrogens is 280 g/mol. The average Bonchev–Trinajstić information content (AvgIpc) is 2.80. The molecule has 114 valence electrons. The van der Waals surface area contributed by atoms with Gasteiger partial charge in [-0.3, -0.25) is 0 Å². The Morgan fingerprint density at radius 2 is 1.86 bits per heavy atom. The number of hydrogen-bond donors (Lipinski definition) is 1. The summed E-state index contributed by atoms with van der Waals surface area (Å²) >= 11 is 0. The summed E-state index contributed by atoms with van der Waals surface area (Å²) in [6.07, 6.45) is 0. The van der Waals surface area contributed by atoms with Gasteiger partial charge in [0.2, 0.25) is 0 Å². The summed E-state index contributed by atoms with van der Waals surface area (Å²) in [6.45, 7) is 7.33. The van der Waals surface area contributed by atoms with E-state index in [1.807, 2.05) is 52.0 Å². The Bertz CT molecular complexity index is 890. The smallest absolute Gasteiger partial charge is 0.343 e. The van der Waals surface area contributed by atoms with Crippen LogP contribution in [0.4, 0.5) is 5.82 Å². The quantitative estimate of drug-likeness (QED) is 0.698. The number of pyridine rings is 1. The van der Waals surface area contributed by atoms with Crippen molar-refractivity contribution < 1.29 is 9.53 Å². The third kappa shape index (κ3) is 2.16. The Morgan fingerprint density at radius 3 is 2.50 bits per heavy atom. The maximum atomic E-state index is 12.6. The Morgan fingerprint density at radius 1 is 1.23 bits per heavy atom. The molecule has 3 aromatic rings. The minimum atomic E-state index is -0.599. The van der Waals surface area contributed by atoms with Crippen molar-refractivity contribution >= 4 is 28.1 Å². The van der Waals surface area contributed by atoms with Gasteiger partial charge in [0.15, 0.2) is 0 Å². The molecule has 0 saturated heterocycles. The lowest BCUT2D eigenvalue weighted by Crippen LogP contribution is -2.25. The second-order valence-electron chi connectivity index (χ2n) is 6.24. The number of nitrogens with zero attached hydrogens (tertiary/aromatic N) is 3. The van der Waals surface area contributed by atoms with E-state index >= 15 is 0 Å². The predicted molar refractivity (Wildman–Crippen MR) is 84.8 cm³/mol. The largest absolute Gasteiger partial charge is 0.456 e. The Hall–Kier alpha value is -2.63. The molecule has 0 aliphatic rings. The fraction of sp³-hybridized carbons (Fsp3) is 0.312. The van der Waals surface area contributed by atoms with Crippen molar-refractivity contribution in [3.05, 3.63) is 35.5 Å². The van der Waals surface area contributed by atoms with Crippen molar-refractivity contribution in [1.82, 2.24) is 14.8 Å². The van der Waals surface area contributed by atoms with E-state index in [9.17, 15) is 4.79 Å². The molecule has 0 aliphatic heterocycles. The zero-order chi connectivity index (χ0) is 16.1. The summed E-state index contributed by atoms with van der Waals surface area (Å²) in [7, 11) is 0. The molecule has 0 amide bonds. The van der Waals surface area contributed by atoms with Gasteiger partial charge in [-0.25, -0.2) is 4.79 Å². The molecule has 0 spiro atoms. The molecule has 6 nitrogen and oxygen atoms in total. The van der Waals surface area contributed by atoms with Gasteiger partial charge in [0.1, 0.15) is 17.0 Å². The van der Waals surface area contributed by atoms with E-state index in [0.29, 0.717) is 5.56 Å². The number of aryl methyl sites for hydroxylation is 1. The third-order valence-electron chi connectivity index (χ3n) is 3.38. The van der Waals surface area contributed by atoms with Gasteiger partial charge in [-0.15, -0.1) is 5.10 Å². The summed E-state index contributed by atoms with van der Waals surface area (Å²) in [5.74, 6) is -0.222. The fourth-order valence-corrected chi connectivity index (χ4v) is 2.53. The van der Waals surface area contributed by atoms with Gasteiger partial charge in [0.05, 0.1) is 11.2 Å². The van der Waals surface area contributed by atoms with Gasteiger partial charge < -0.3 is 10.5 Å². The van der Waals surface area contributed by atoms with Crippen LogP contribution in [0.15, 0.2) is 24.3 Å². The van der Waals surface area contributed by atoms with E-state index in [-0.39, 0.29) is 5.82 Å². The second-order valence-corrected chi connectivity index (χ2v) is 6.24. The molecule has 0 radical (unpaired) electrons. The Balaban J connectivity index is 2.37. The molecule has 22 heavy (non-hydrogen) atoms. The number of rotatable bonds is 1. The number of hydrogen-bond acceptors (Lipinski definition) is 5. The monoisotopic (exact) mass is 298 g/mol. The van der Waals surface area contributed by atoms with Crippen molar-refractivity contribution in [2.45, 2.75) is 33.3 Å². The number of anilines is 1. The summed E-state index contributed by atoms with van der Waals surface area (Å²) in [5, 5.41) is 9.72. The van der Waals surface area contributed by atoms with Crippen LogP contribution in [-0.2, 0) is 4.74 Å². The first-order valence-electron chi connectivity index (χ1n) is 7.05. The van der Waals surface area contributed by atoms with E-state index < -0.39 is 11.6 Å². The molecule has 0 unspecified atom stereocenters. The number of nitrogens with two attached hydrogens (primary N) is 1. The highest BCUT2D eigenvalue weighted by atomic mass is 16.6. The van der Waals surface area contributed by atoms with Crippen LogP contribution in [-0.4, -0.2) is 26.4 Å². The molecule has 0 saturated carbocycles. The number of fused-ring (bicyclic) bond motifs is 3. The first-order valence-corrected chi connectivity index (χ1v) is 7.05. The summed E-state index contributed by atoms with van der Waals surface area (Å²) < 4.78 is 6.98. The third-order valence-corrected chi connectivity index (χ3v) is 3.38. The molecule has 0 atom stereocenters. The van der Waals surface area contributed by atoms with Gasteiger partial charge >= 0.3 is 5.97 Å². The van der Waals surface area contributed by atoms with Crippen LogP contribution >= 0.6 is 0 Å². The Kier molecular flexibility index (Phi) is 3.05. The number of esters is 1. The van der Waals surface area contributed by atoms with Gasteiger partial charge in [-0.1, -0.05) is 29.5 Å². The van der Waals surface area contributed by atoms with Gasteiger partial charge in [0.25, 0.3) is 0 Å². The molecule has 3 rings (SSSR count). The summed E-state index contributed by atoms with van der Waals surface area (Å²) in [5.41, 5.74) is 7.47. The number of benzene rings is 1. The standard InChI is InChI=1S/C16H18N4O2/c1-9-13-11-8-6-5-7-10(11)12(14(17)20(13)19-18-9)15(21)22-16(2,3)4/h5-8H,17H2,1-4H3. The topological polar surface area (TPSA) is 82.5 Å². The van der Waals surface area contributed by atoms with E-state index in [4.69, 9.17) is 10.5 Å². The first kappa shape index (κ1) is 14.3. The zero-order valence-corrected chi connectivity index (χ0v) is 13.0. The molecule has 6 heteroatoms. The number of carbonyl (C=O) groups is 1. The van der Waals surface area contributed by atoms with Crippen LogP contribution in [0.3, 0.4) is 0 Å². The number of nitrogen functional groups attached to an aromatic ring is 1. The highest BCUT2D eigenvalue weighted by molar-refractivity contribution is 6.12. The minimum absolute atomic E-state index is 0.239. The molecule has 1 aromatic carbocycles. The van der Waals surface area contributed by atoms with Crippen LogP contribution < -0.4 is 5.73 Å². The van der Waals surface area contributed by atoms with Crippen molar-refractivity contribution in [3.8, 4) is 0 Å². The number of carbonyl (C=O) groups excluding carboxylic acids is 1. The van der Waals surface area contributed by atoms with Gasteiger partial charge in [-0.2, -0.15) is 4.52 Å². The molecular formula is C16H18N4O2. The summed E-state index contributed by atoms with van der Waals surface area (Å²) in [4.78, 5) is 12.6. The maximum Gasteiger partial charge on any atom is 0.343 e. The van der Waals surface area contributed by atoms with Crippen LogP contribution in [0.2, 0.25) is 0 Å². The number of aromatic nitrogens is 3. The lowest BCUT2D eigenvalue weighted by molar-refractivity contribution is 0.00726. The predicted octanol–water partition coefficient (Wildman–Crippen LogP) is 2.73. The van der Waals surface area contributed by atoms with Crippen LogP contribution in [0.1, 0.15) is 36.8 Å². The summed E-state index contributed by atoms with van der Waals surface area (Å²) in [6, 6.07) is 7.56. The first-order chi connectivity index (χ1) is 10.3. The Labute approximate surface area is 127 Å². The highest BCUT2D eigenvalue weighted by Gasteiger charge is 2.25. The molecule has 2 N–H and O–H groups in total. The molecule has 0 bridgehead atoms. The van der Waals surface area contributed by atoms with E-state index in [1.165, 1.54) is 4.52 Å². The van der Waals surface area contributed by atoms with Crippen LogP contribution in [0, 0.1) is 6.92 Å². The van der Waals surface area contributed by atoms with E-state index in [2.05, 4.69) is 10.3 Å². The van der Waals surface area contributed by atoms with Crippen molar-refractivity contribution in [2.75, 3.05) is 5.73 Å². The SMILES string of the molecule is Cc1nnn2c(N)c(C(=O)OC(C)(C)C)c3ccccc3c12. The van der Waals surface area contributed by atoms with Crippen LogP contribution in [0.5, 0.6) is 0 Å². The lowest BCUT2D eigenvalue weighted by atomic mass is 10.0. The molecule has 0 aliphatic carbocycles. The van der Waals surface area contributed by atoms with E-state index in [1.54, 1.807) is 0 Å². The zero-order valence-electron chi connectivity index (χ0n) is 13.0. The minimum Gasteiger partial charge on any atom is -0.456 e. The number of ether oxygens (including phenoxy) is 1. The molecule has 2 aromatic heterocycles. The fourth-order valence-electron chi connectivity index (χ4n) is 2.53. The van der Waals surface area contributed by atoms with Crippen molar-refractivity contribution in [3.63, 3.8) is 0 Å². The van der Waals surface area contributed by atoms with Gasteiger partial charge in [0, 0.05) is 10.8 Å². The van der Waals surface area contributed by atoms with Gasteiger partial charge in [-0.05, 0) is 27.7 Å². The maximum absolute atomic E-state index is 12.6. The van der Waals surface area contributed by atoms with Crippen LogP contribution in [0.25, 0.3) is 16.3 Å². The lowest BCUT2D eigenvalue weighted by Gasteiger charge is -2.21. The molecule has 0 fully saturated rings. The van der Waals surface area contributed by atoms with Crippen molar-refractivity contribution in [1.29, 1.82) is 0 Å². The highest BCUT2D eigenvalue weighted by Crippen LogP contribution is 2.30. The molecule has 2 heterocycles. The normalized spacial score (nSPS) is 12.0. The van der Waals surface area contributed by atoms with E-state index in [0.717, 1.165) is 22.0 Å². The van der Waals surface area contributed by atoms with Crippen molar-refractivity contribution in [2.24, 2.45) is 0 Å². The average molecular weight is 298 g/mol.